The zero-order chi connectivity index (χ0) is 35.2. The first kappa shape index (κ1) is 37.3. The Hall–Kier alpha value is -3.52. The molecule has 262 valence electrons. The van der Waals surface area contributed by atoms with Crippen LogP contribution < -0.4 is 10.1 Å². The monoisotopic (exact) mass is 699 g/mol. The van der Waals surface area contributed by atoms with E-state index in [9.17, 15) is 23.1 Å². The van der Waals surface area contributed by atoms with Gasteiger partial charge in [-0.15, -0.1) is 11.3 Å². The molecule has 2 N–H and O–H groups in total. The van der Waals surface area contributed by atoms with Gasteiger partial charge in [0.15, 0.2) is 0 Å². The summed E-state index contributed by atoms with van der Waals surface area (Å²) in [4.78, 5) is 36.8. The number of aromatic nitrogens is 1. The van der Waals surface area contributed by atoms with Gasteiger partial charge in [-0.05, 0) is 61.9 Å². The third-order valence-corrected chi connectivity index (χ3v) is 11.2. The number of ether oxygens (including phenoxy) is 1. The standard InChI is InChI=1S/C35H49N5O6S2/c1-23(2)20-39(48(44,45)29-15-13-28(46-7)14-16-29)22-32(41)30(19-27-11-9-8-10-12-27)37-34(42)33(24(3)4)40-18-17-38(35(40)43)21-31-25(5)47-26(6)36-31/h8-16,23-24,30,32-33,41H,17-22H2,1-7H3,(H,37,42)/t30-,32-,33-/m0/s1. The number of aliphatic hydroxyl groups excluding tert-OH is 1. The molecular formula is C35H49N5O6S2. The average molecular weight is 700 g/mol. The fourth-order valence-corrected chi connectivity index (χ4v) is 8.49. The predicted octanol–water partition coefficient (Wildman–Crippen LogP) is 4.47. The van der Waals surface area contributed by atoms with Crippen LogP contribution in [0.3, 0.4) is 0 Å². The molecule has 0 radical (unpaired) electrons. The van der Waals surface area contributed by atoms with Gasteiger partial charge >= 0.3 is 6.03 Å². The molecule has 4 rings (SSSR count). The van der Waals surface area contributed by atoms with Gasteiger partial charge in [0.1, 0.15) is 11.8 Å². The maximum absolute atomic E-state index is 14.1. The van der Waals surface area contributed by atoms with Crippen molar-refractivity contribution in [1.29, 1.82) is 0 Å². The minimum Gasteiger partial charge on any atom is -0.497 e. The van der Waals surface area contributed by atoms with Crippen LogP contribution in [0.4, 0.5) is 4.79 Å². The summed E-state index contributed by atoms with van der Waals surface area (Å²) in [7, 11) is -2.48. The largest absolute Gasteiger partial charge is 0.497 e. The lowest BCUT2D eigenvalue weighted by Gasteiger charge is -2.34. The molecule has 1 fully saturated rings. The number of aliphatic hydroxyl groups is 1. The number of benzene rings is 2. The van der Waals surface area contributed by atoms with Crippen molar-refractivity contribution in [3.8, 4) is 5.75 Å². The summed E-state index contributed by atoms with van der Waals surface area (Å²) in [6.07, 6.45) is -0.991. The maximum atomic E-state index is 14.1. The number of nitrogens with zero attached hydrogens (tertiary/aromatic N) is 4. The zero-order valence-corrected chi connectivity index (χ0v) is 30.6. The van der Waals surface area contributed by atoms with Crippen LogP contribution in [0.1, 0.15) is 48.8 Å². The number of urea groups is 1. The number of hydrogen-bond donors (Lipinski definition) is 2. The van der Waals surface area contributed by atoms with E-state index < -0.39 is 34.1 Å². The summed E-state index contributed by atoms with van der Waals surface area (Å²) >= 11 is 1.59. The minimum absolute atomic E-state index is 0.0289. The number of carbonyl (C=O) groups excluding carboxylic acids is 2. The summed E-state index contributed by atoms with van der Waals surface area (Å²) in [5.41, 5.74) is 1.73. The van der Waals surface area contributed by atoms with E-state index >= 15 is 0 Å². The van der Waals surface area contributed by atoms with Crippen LogP contribution >= 0.6 is 11.3 Å². The second-order valence-corrected chi connectivity index (χ2v) is 16.4. The van der Waals surface area contributed by atoms with Gasteiger partial charge in [0.2, 0.25) is 15.9 Å². The number of rotatable bonds is 16. The molecule has 3 aromatic rings. The van der Waals surface area contributed by atoms with Crippen LogP contribution in [-0.4, -0.2) is 96.0 Å². The van der Waals surface area contributed by atoms with Gasteiger partial charge in [0.05, 0.1) is 41.4 Å². The SMILES string of the molecule is COc1ccc(S(=O)(=O)N(CC(C)C)C[C@H](O)[C@H](Cc2ccccc2)NC(=O)[C@H](C(C)C)N2CCN(Cc3nc(C)sc3C)C2=O)cc1. The topological polar surface area (TPSA) is 132 Å². The lowest BCUT2D eigenvalue weighted by Crippen LogP contribution is -2.57. The highest BCUT2D eigenvalue weighted by Gasteiger charge is 2.41. The Morgan fingerprint density at radius 1 is 1.04 bits per heavy atom. The molecule has 0 bridgehead atoms. The number of hydrogen-bond acceptors (Lipinski definition) is 8. The molecule has 0 aliphatic carbocycles. The highest BCUT2D eigenvalue weighted by atomic mass is 32.2. The van der Waals surface area contributed by atoms with E-state index in [2.05, 4.69) is 10.3 Å². The molecule has 2 heterocycles. The van der Waals surface area contributed by atoms with Crippen LogP contribution in [0.5, 0.6) is 5.75 Å². The second-order valence-electron chi connectivity index (χ2n) is 13.1. The quantitative estimate of drug-likeness (QED) is 0.226. The number of amides is 3. The highest BCUT2D eigenvalue weighted by Crippen LogP contribution is 2.25. The molecule has 1 aliphatic rings. The van der Waals surface area contributed by atoms with Crippen molar-refractivity contribution in [2.75, 3.05) is 33.3 Å². The number of methoxy groups -OCH3 is 1. The lowest BCUT2D eigenvalue weighted by molar-refractivity contribution is -0.128. The van der Waals surface area contributed by atoms with Gasteiger partial charge < -0.3 is 25.0 Å². The Bertz CT molecular complexity index is 1630. The first-order chi connectivity index (χ1) is 22.7. The van der Waals surface area contributed by atoms with Crippen molar-refractivity contribution >= 4 is 33.3 Å². The second kappa shape index (κ2) is 16.3. The summed E-state index contributed by atoms with van der Waals surface area (Å²) < 4.78 is 34.1. The van der Waals surface area contributed by atoms with Gasteiger partial charge in [-0.2, -0.15) is 4.31 Å². The molecule has 1 aromatic heterocycles. The van der Waals surface area contributed by atoms with Crippen molar-refractivity contribution in [2.24, 2.45) is 11.8 Å². The molecule has 1 saturated heterocycles. The Labute approximate surface area is 289 Å². The number of aryl methyl sites for hydroxylation is 2. The normalized spacial score (nSPS) is 15.8. The fraction of sp³-hybridized carbons (Fsp3) is 0.514. The van der Waals surface area contributed by atoms with Gasteiger partial charge in [0.25, 0.3) is 0 Å². The van der Waals surface area contributed by atoms with Crippen molar-refractivity contribution in [1.82, 2.24) is 24.4 Å². The van der Waals surface area contributed by atoms with Crippen molar-refractivity contribution in [3.05, 3.63) is 75.7 Å². The predicted molar refractivity (Wildman–Crippen MR) is 187 cm³/mol. The minimum atomic E-state index is -3.99. The molecular weight excluding hydrogens is 651 g/mol. The lowest BCUT2D eigenvalue weighted by atomic mass is 9.97. The summed E-state index contributed by atoms with van der Waals surface area (Å²) in [6, 6.07) is 13.7. The van der Waals surface area contributed by atoms with Gasteiger partial charge in [-0.3, -0.25) is 4.79 Å². The number of nitrogens with one attached hydrogen (secondary N) is 1. The van der Waals surface area contributed by atoms with E-state index in [0.29, 0.717) is 25.4 Å². The first-order valence-electron chi connectivity index (χ1n) is 16.4. The average Bonchev–Trinajstić information content (AvgIpc) is 3.55. The Morgan fingerprint density at radius 2 is 1.71 bits per heavy atom. The highest BCUT2D eigenvalue weighted by molar-refractivity contribution is 7.89. The van der Waals surface area contributed by atoms with E-state index in [0.717, 1.165) is 21.1 Å². The van der Waals surface area contributed by atoms with Gasteiger partial charge in [0, 0.05) is 31.1 Å². The summed E-state index contributed by atoms with van der Waals surface area (Å²) in [5.74, 6) is -0.115. The molecule has 3 atom stereocenters. The van der Waals surface area contributed by atoms with Crippen LogP contribution in [0, 0.1) is 25.7 Å². The van der Waals surface area contributed by atoms with Crippen LogP contribution in [-0.2, 0) is 27.8 Å². The third-order valence-electron chi connectivity index (χ3n) is 8.45. The Morgan fingerprint density at radius 3 is 2.27 bits per heavy atom. The molecule has 2 aromatic carbocycles. The van der Waals surface area contributed by atoms with E-state index in [4.69, 9.17) is 4.74 Å². The number of thiazole rings is 1. The Balaban J connectivity index is 1.57. The summed E-state index contributed by atoms with van der Waals surface area (Å²) in [6.45, 7) is 12.7. The Kier molecular flexibility index (Phi) is 12.6. The van der Waals surface area contributed by atoms with Crippen LogP contribution in [0.2, 0.25) is 0 Å². The van der Waals surface area contributed by atoms with E-state index in [-0.39, 0.29) is 42.3 Å². The van der Waals surface area contributed by atoms with E-state index in [1.807, 2.05) is 71.9 Å². The first-order valence-corrected chi connectivity index (χ1v) is 18.6. The van der Waals surface area contributed by atoms with Crippen molar-refractivity contribution < 1.29 is 27.9 Å². The maximum Gasteiger partial charge on any atom is 0.321 e. The molecule has 1 aliphatic heterocycles. The number of carbonyl (C=O) groups is 2. The van der Waals surface area contributed by atoms with Crippen molar-refractivity contribution in [2.45, 2.75) is 77.6 Å². The number of sulfonamides is 1. The van der Waals surface area contributed by atoms with Crippen LogP contribution in [0.25, 0.3) is 0 Å². The molecule has 0 spiro atoms. The van der Waals surface area contributed by atoms with Gasteiger partial charge in [-0.25, -0.2) is 18.2 Å². The third kappa shape index (κ3) is 9.13. The van der Waals surface area contributed by atoms with E-state index in [1.54, 1.807) is 33.3 Å². The smallest absolute Gasteiger partial charge is 0.321 e. The molecule has 3 amide bonds. The molecule has 11 nitrogen and oxygen atoms in total. The van der Waals surface area contributed by atoms with Crippen LogP contribution in [0.15, 0.2) is 59.5 Å². The van der Waals surface area contributed by atoms with E-state index in [1.165, 1.54) is 23.5 Å². The molecule has 0 unspecified atom stereocenters. The summed E-state index contributed by atoms with van der Waals surface area (Å²) in [5, 5.41) is 15.7. The fourth-order valence-electron chi connectivity index (χ4n) is 6.04. The van der Waals surface area contributed by atoms with Gasteiger partial charge in [-0.1, -0.05) is 58.0 Å². The molecule has 48 heavy (non-hydrogen) atoms. The zero-order valence-electron chi connectivity index (χ0n) is 28.9. The molecule has 0 saturated carbocycles. The van der Waals surface area contributed by atoms with Crippen molar-refractivity contribution in [3.63, 3.8) is 0 Å². The molecule has 13 heteroatoms.